The Bertz CT molecular complexity index is 3070. The molecule has 5 aliphatic rings. The van der Waals surface area contributed by atoms with Crippen molar-refractivity contribution in [1.82, 2.24) is 10.6 Å². The normalized spacial score (nSPS) is 31.4. The third-order valence-corrected chi connectivity index (χ3v) is 17.3. The van der Waals surface area contributed by atoms with E-state index in [0.717, 1.165) is 13.8 Å². The number of carbonyl (C=O) groups excluding carboxylic acids is 9. The van der Waals surface area contributed by atoms with Gasteiger partial charge in [-0.2, -0.15) is 0 Å². The van der Waals surface area contributed by atoms with Crippen LogP contribution in [0.3, 0.4) is 0 Å². The number of Topliss-reactive ketones (excluding diaryl/α,β-unsaturated/α-hetero) is 1. The van der Waals surface area contributed by atoms with Crippen molar-refractivity contribution < 1.29 is 112 Å². The summed E-state index contributed by atoms with van der Waals surface area (Å²) in [6.45, 7) is 6.53. The monoisotopic (exact) mass is 1200 g/mol. The van der Waals surface area contributed by atoms with Crippen molar-refractivity contribution in [2.45, 2.75) is 165 Å². The standard InChI is InChI=1S/C61H72N2O23/c1-31-37(81-56(76)47(71)45(34-17-10-7-11-18-34)63-54(74)35-19-12-8-13-20-35)28-61(78)53(85-55(75)36-21-14-9-15-22-36)51-59(6,52(73)49(80-32(2)65)44(31)58(61,4)5)39(27-40-60(51,30-79-40)86-33(3)66)83-43(69)25-24-41(67)62-26-16-23-42(68)84-50-46(70)38(29-64)82-57(77)48(50)72/h7-15,17-22,37-40,45-51,53,57,64,70-72,77-78H,16,23-30H2,1-6H3,(H,62,67)(H,63,74)/t37-,38+,39-,40+,45-,46+,47+,48+,49+,50-,51?,53-,57?,59+,60-,61+/m0/s1. The van der Waals surface area contributed by atoms with E-state index in [1.165, 1.54) is 52.0 Å². The van der Waals surface area contributed by atoms with Gasteiger partial charge in [0.05, 0.1) is 42.6 Å². The number of esters is 6. The van der Waals surface area contributed by atoms with Crippen molar-refractivity contribution in [3.05, 3.63) is 119 Å². The Morgan fingerprint density at radius 3 is 1.97 bits per heavy atom. The topological polar surface area (TPSA) is 373 Å². The summed E-state index contributed by atoms with van der Waals surface area (Å²) in [6.07, 6.45) is -21.6. The summed E-state index contributed by atoms with van der Waals surface area (Å²) < 4.78 is 47.2. The van der Waals surface area contributed by atoms with Crippen LogP contribution in [0.25, 0.3) is 0 Å². The Labute approximate surface area is 494 Å². The van der Waals surface area contributed by atoms with Gasteiger partial charge in [-0.3, -0.25) is 33.6 Å². The largest absolute Gasteiger partial charge is 0.461 e. The summed E-state index contributed by atoms with van der Waals surface area (Å²) in [7, 11) is 0. The zero-order chi connectivity index (χ0) is 62.6. The van der Waals surface area contributed by atoms with Gasteiger partial charge >= 0.3 is 35.8 Å². The lowest BCUT2D eigenvalue weighted by molar-refractivity contribution is -0.346. The molecule has 3 aliphatic carbocycles. The summed E-state index contributed by atoms with van der Waals surface area (Å²) in [5.41, 5.74) is -8.31. The molecule has 25 nitrogen and oxygen atoms in total. The Hall–Kier alpha value is -7.49. The first-order valence-electron chi connectivity index (χ1n) is 28.2. The number of aliphatic hydroxyl groups excluding tert-OH is 5. The number of rotatable bonds is 20. The average Bonchev–Trinajstić information content (AvgIpc) is 0.672. The fraction of sp³-hybridized carbons (Fsp3) is 0.525. The summed E-state index contributed by atoms with van der Waals surface area (Å²) in [4.78, 5) is 126. The van der Waals surface area contributed by atoms with E-state index in [9.17, 15) is 69.0 Å². The molecule has 2 amide bonds. The number of ether oxygens (including phenoxy) is 8. The van der Waals surface area contributed by atoms with E-state index >= 15 is 4.79 Å². The van der Waals surface area contributed by atoms with Crippen molar-refractivity contribution >= 4 is 53.4 Å². The van der Waals surface area contributed by atoms with Crippen LogP contribution in [0.4, 0.5) is 0 Å². The van der Waals surface area contributed by atoms with E-state index in [1.807, 2.05) is 0 Å². The summed E-state index contributed by atoms with van der Waals surface area (Å²) in [5.74, 6) is -10.4. The number of hydrogen-bond acceptors (Lipinski definition) is 23. The minimum atomic E-state index is -2.58. The van der Waals surface area contributed by atoms with Gasteiger partial charge < -0.3 is 79.2 Å². The molecule has 2 bridgehead atoms. The average molecular weight is 1200 g/mol. The van der Waals surface area contributed by atoms with Gasteiger partial charge in [0.15, 0.2) is 36.0 Å². The van der Waals surface area contributed by atoms with Crippen molar-refractivity contribution in [3.63, 3.8) is 0 Å². The maximum Gasteiger partial charge on any atom is 0.338 e. The van der Waals surface area contributed by atoms with E-state index < -0.39 is 187 Å². The van der Waals surface area contributed by atoms with Crippen LogP contribution in [0.1, 0.15) is 112 Å². The molecule has 3 aromatic carbocycles. The van der Waals surface area contributed by atoms with E-state index in [1.54, 1.807) is 66.7 Å². The Morgan fingerprint density at radius 2 is 1.37 bits per heavy atom. The van der Waals surface area contributed by atoms with E-state index in [2.05, 4.69) is 10.6 Å². The molecular formula is C61H72N2O23. The van der Waals surface area contributed by atoms with Gasteiger partial charge in [0, 0.05) is 57.1 Å². The second kappa shape index (κ2) is 26.2. The summed E-state index contributed by atoms with van der Waals surface area (Å²) in [6, 6.07) is 22.2. The molecule has 2 heterocycles. The molecule has 86 heavy (non-hydrogen) atoms. The Morgan fingerprint density at radius 1 is 0.756 bits per heavy atom. The minimum Gasteiger partial charge on any atom is -0.461 e. The van der Waals surface area contributed by atoms with Gasteiger partial charge in [-0.1, -0.05) is 80.6 Å². The fourth-order valence-electron chi connectivity index (χ4n) is 12.7. The van der Waals surface area contributed by atoms with E-state index in [4.69, 9.17) is 37.9 Å². The lowest BCUT2D eigenvalue weighted by Crippen LogP contribution is -2.82. The van der Waals surface area contributed by atoms with Crippen molar-refractivity contribution in [3.8, 4) is 0 Å². The molecule has 2 unspecified atom stereocenters. The van der Waals surface area contributed by atoms with Crippen LogP contribution in [-0.4, -0.2) is 182 Å². The van der Waals surface area contributed by atoms with Crippen molar-refractivity contribution in [1.29, 1.82) is 0 Å². The van der Waals surface area contributed by atoms with Crippen molar-refractivity contribution in [2.24, 2.45) is 16.7 Å². The molecular weight excluding hydrogens is 1130 g/mol. The highest BCUT2D eigenvalue weighted by atomic mass is 16.7. The number of hydrogen-bond donors (Lipinski definition) is 8. The molecule has 8 N–H and O–H groups in total. The number of carbonyl (C=O) groups is 9. The van der Waals surface area contributed by atoms with Gasteiger partial charge in [0.25, 0.3) is 5.91 Å². The van der Waals surface area contributed by atoms with Crippen molar-refractivity contribution in [2.75, 3.05) is 19.8 Å². The molecule has 3 aromatic rings. The minimum absolute atomic E-state index is 0.0287. The smallest absolute Gasteiger partial charge is 0.338 e. The van der Waals surface area contributed by atoms with Crippen LogP contribution in [0.15, 0.2) is 102 Å². The molecule has 0 aromatic heterocycles. The maximum absolute atomic E-state index is 16.3. The second-order valence-corrected chi connectivity index (χ2v) is 23.0. The highest BCUT2D eigenvalue weighted by Gasteiger charge is 2.79. The lowest BCUT2D eigenvalue weighted by Gasteiger charge is -2.67. The number of aliphatic hydroxyl groups is 6. The zero-order valence-corrected chi connectivity index (χ0v) is 48.2. The molecule has 25 heteroatoms. The number of amides is 2. The number of ketones is 1. The molecule has 464 valence electrons. The predicted molar refractivity (Wildman–Crippen MR) is 293 cm³/mol. The Balaban J connectivity index is 1.12. The molecule has 2 aliphatic heterocycles. The van der Waals surface area contributed by atoms with Gasteiger partial charge in [0.2, 0.25) is 5.91 Å². The third kappa shape index (κ3) is 12.7. The Kier molecular flexibility index (Phi) is 19.7. The molecule has 0 spiro atoms. The van der Waals surface area contributed by atoms with Gasteiger partial charge in [-0.15, -0.1) is 0 Å². The summed E-state index contributed by atoms with van der Waals surface area (Å²) >= 11 is 0. The quantitative estimate of drug-likeness (QED) is 0.0342. The van der Waals surface area contributed by atoms with Gasteiger partial charge in [0.1, 0.15) is 48.3 Å². The van der Waals surface area contributed by atoms with Crippen LogP contribution in [0.5, 0.6) is 0 Å². The predicted octanol–water partition coefficient (Wildman–Crippen LogP) is 1.31. The second-order valence-electron chi connectivity index (χ2n) is 23.0. The number of fused-ring (bicyclic) bond motifs is 5. The molecule has 8 rings (SSSR count). The number of benzene rings is 3. The highest BCUT2D eigenvalue weighted by molar-refractivity contribution is 5.97. The number of nitrogens with one attached hydrogen (secondary N) is 2. The first-order chi connectivity index (χ1) is 40.7. The molecule has 4 fully saturated rings. The van der Waals surface area contributed by atoms with E-state index in [0.29, 0.717) is 5.56 Å². The SMILES string of the molecule is CC(=O)O[C@H]1C(=O)[C@@]2(C)C([C@H](OC(=O)c3ccccc3)[C@]3(O)C[C@H](OC(=O)[C@H](O)[C@@H](NC(=O)c4ccccc4)c4ccccc4)C(C)=C1C3(C)C)[C@]1(OC(C)=O)CO[C@@H]1C[C@@H]2OC(=O)CCC(=O)NCCCC(=O)O[C@H]1[C@H](O)[C@@H](CO)OC(O)[C@@H]1O. The molecule has 2 saturated heterocycles. The van der Waals surface area contributed by atoms with E-state index in [-0.39, 0.29) is 48.1 Å². The maximum atomic E-state index is 16.3. The first kappa shape index (κ1) is 64.5. The molecule has 16 atom stereocenters. The lowest BCUT2D eigenvalue weighted by atomic mass is 9.44. The third-order valence-electron chi connectivity index (χ3n) is 17.3. The molecule has 0 radical (unpaired) electrons. The first-order valence-corrected chi connectivity index (χ1v) is 28.2. The van der Waals surface area contributed by atoms with Crippen LogP contribution in [0, 0.1) is 16.7 Å². The molecule has 2 saturated carbocycles. The summed E-state index contributed by atoms with van der Waals surface area (Å²) in [5, 5.41) is 71.3. The van der Waals surface area contributed by atoms with Gasteiger partial charge in [-0.25, -0.2) is 9.59 Å². The highest BCUT2D eigenvalue weighted by Crippen LogP contribution is 2.65. The van der Waals surface area contributed by atoms with Crippen LogP contribution < -0.4 is 10.6 Å². The van der Waals surface area contributed by atoms with Crippen LogP contribution in [-0.2, 0) is 71.5 Å². The zero-order valence-electron chi connectivity index (χ0n) is 48.2. The van der Waals surface area contributed by atoms with Gasteiger partial charge in [-0.05, 0) is 61.2 Å². The fourth-order valence-corrected chi connectivity index (χ4v) is 12.7. The van der Waals surface area contributed by atoms with Crippen LogP contribution in [0.2, 0.25) is 0 Å². The van der Waals surface area contributed by atoms with Crippen LogP contribution >= 0.6 is 0 Å².